The molecule has 0 heterocycles. The average Bonchev–Trinajstić information content (AvgIpc) is 3.14. The smallest absolute Gasteiger partial charge is 0.339 e. The van der Waals surface area contributed by atoms with Gasteiger partial charge in [-0.3, -0.25) is 9.59 Å². The Bertz CT molecular complexity index is 1830. The van der Waals surface area contributed by atoms with Gasteiger partial charge in [-0.2, -0.15) is 8.42 Å². The first-order valence-electron chi connectivity index (χ1n) is 19.1. The van der Waals surface area contributed by atoms with Crippen molar-refractivity contribution in [2.24, 2.45) is 5.41 Å². The number of sulfonamides is 1. The van der Waals surface area contributed by atoms with Gasteiger partial charge in [0.1, 0.15) is 22.1 Å². The van der Waals surface area contributed by atoms with Crippen LogP contribution in [-0.2, 0) is 29.7 Å². The van der Waals surface area contributed by atoms with Gasteiger partial charge in [-0.05, 0) is 67.1 Å². The van der Waals surface area contributed by atoms with Crippen molar-refractivity contribution < 1.29 is 40.5 Å². The van der Waals surface area contributed by atoms with E-state index in [0.29, 0.717) is 12.1 Å². The second kappa shape index (κ2) is 22.2. The van der Waals surface area contributed by atoms with Crippen LogP contribution < -0.4 is 19.0 Å². The Labute approximate surface area is 332 Å². The predicted molar refractivity (Wildman–Crippen MR) is 218 cm³/mol. The molecule has 0 aliphatic heterocycles. The topological polar surface area (TPSA) is 165 Å². The molecule has 3 unspecified atom stereocenters. The van der Waals surface area contributed by atoms with Crippen LogP contribution in [0.2, 0.25) is 0 Å². The molecule has 0 aromatic heterocycles. The van der Waals surface area contributed by atoms with Crippen LogP contribution in [-0.4, -0.2) is 56.9 Å². The third-order valence-electron chi connectivity index (χ3n) is 9.04. The molecule has 14 heteroatoms. The maximum Gasteiger partial charge on any atom is 0.339 e. The Morgan fingerprint density at radius 3 is 1.82 bits per heavy atom. The first kappa shape index (κ1) is 45.7. The first-order chi connectivity index (χ1) is 26.0. The van der Waals surface area contributed by atoms with E-state index in [1.54, 1.807) is 51.1 Å². The Hall–Kier alpha value is -3.65. The molecular weight excluding hydrogens is 764 g/mol. The molecule has 0 radical (unpaired) electrons. The number of amides is 1. The van der Waals surface area contributed by atoms with Gasteiger partial charge in [-0.15, -0.1) is 11.6 Å². The fraction of sp³-hybridized carbons (Fsp3) is 0.512. The van der Waals surface area contributed by atoms with Crippen LogP contribution >= 0.6 is 11.6 Å². The Morgan fingerprint density at radius 2 is 1.27 bits per heavy atom. The molecule has 11 nitrogen and oxygen atoms in total. The van der Waals surface area contributed by atoms with E-state index in [9.17, 15) is 31.5 Å². The number of nitrogens with one attached hydrogen (secondary N) is 2. The summed E-state index contributed by atoms with van der Waals surface area (Å²) >= 11 is 7.03. The number of para-hydroxylation sites is 1. The van der Waals surface area contributed by atoms with E-state index in [-0.39, 0.29) is 28.6 Å². The largest absolute Gasteiger partial charge is 0.508 e. The van der Waals surface area contributed by atoms with Crippen LogP contribution in [0.1, 0.15) is 105 Å². The molecule has 3 rings (SSSR count). The van der Waals surface area contributed by atoms with E-state index >= 15 is 0 Å². The summed E-state index contributed by atoms with van der Waals surface area (Å²) in [4.78, 5) is 26.4. The zero-order valence-corrected chi connectivity index (χ0v) is 34.7. The van der Waals surface area contributed by atoms with Gasteiger partial charge in [0, 0.05) is 11.1 Å². The highest BCUT2D eigenvalue weighted by molar-refractivity contribution is 7.90. The van der Waals surface area contributed by atoms with Crippen molar-refractivity contribution in [2.75, 3.05) is 11.9 Å². The van der Waals surface area contributed by atoms with Gasteiger partial charge in [0.25, 0.3) is 0 Å². The number of hydrogen-bond donors (Lipinski definition) is 3. The Balaban J connectivity index is 1.78. The van der Waals surface area contributed by atoms with Gasteiger partial charge in [0.2, 0.25) is 15.9 Å². The van der Waals surface area contributed by atoms with Crippen molar-refractivity contribution in [3.63, 3.8) is 0 Å². The Morgan fingerprint density at radius 1 is 0.745 bits per heavy atom. The lowest BCUT2D eigenvalue weighted by Crippen LogP contribution is -2.52. The molecule has 0 spiro atoms. The quantitative estimate of drug-likeness (QED) is 0.0431. The minimum absolute atomic E-state index is 0.00448. The number of anilines is 1. The van der Waals surface area contributed by atoms with Crippen LogP contribution in [0.15, 0.2) is 83.8 Å². The number of phenols is 1. The maximum absolute atomic E-state index is 14.0. The molecule has 304 valence electrons. The van der Waals surface area contributed by atoms with Crippen molar-refractivity contribution >= 4 is 49.1 Å². The van der Waals surface area contributed by atoms with Crippen molar-refractivity contribution in [1.29, 1.82) is 0 Å². The van der Waals surface area contributed by atoms with Gasteiger partial charge in [-0.25, -0.2) is 13.1 Å². The number of rotatable bonds is 25. The number of carbonyl (C=O) groups is 2. The van der Waals surface area contributed by atoms with Gasteiger partial charge in [-0.1, -0.05) is 117 Å². The average molecular weight is 821 g/mol. The number of aromatic hydroxyl groups is 1. The fourth-order valence-electron chi connectivity index (χ4n) is 5.89. The highest BCUT2D eigenvalue weighted by Gasteiger charge is 2.44. The minimum Gasteiger partial charge on any atom is -0.508 e. The number of ether oxygens (including phenoxy) is 1. The van der Waals surface area contributed by atoms with Crippen LogP contribution in [0.5, 0.6) is 17.2 Å². The van der Waals surface area contributed by atoms with Crippen molar-refractivity contribution in [1.82, 2.24) is 4.72 Å². The summed E-state index contributed by atoms with van der Waals surface area (Å²) in [7, 11) is -8.55. The lowest BCUT2D eigenvalue weighted by molar-refractivity contribution is -0.133. The minimum atomic E-state index is -4.28. The second-order valence-electron chi connectivity index (χ2n) is 14.7. The normalized spacial score (nSPS) is 13.8. The molecule has 3 N–H and O–H groups in total. The van der Waals surface area contributed by atoms with Crippen molar-refractivity contribution in [3.8, 4) is 17.2 Å². The van der Waals surface area contributed by atoms with Crippen LogP contribution in [0, 0.1) is 5.41 Å². The summed E-state index contributed by atoms with van der Waals surface area (Å²) in [6.45, 7) is 6.67. The number of alkyl halides is 1. The van der Waals surface area contributed by atoms with E-state index < -0.39 is 60.5 Å². The van der Waals surface area contributed by atoms with Crippen LogP contribution in [0.25, 0.3) is 0 Å². The molecule has 0 saturated heterocycles. The summed E-state index contributed by atoms with van der Waals surface area (Å²) in [5.41, 5.74) is -0.484. The maximum atomic E-state index is 14.0. The summed E-state index contributed by atoms with van der Waals surface area (Å²) in [6.07, 6.45) is 10.4. The summed E-state index contributed by atoms with van der Waals surface area (Å²) in [5.74, 6) is -1.01. The molecule has 0 saturated carbocycles. The molecule has 3 atom stereocenters. The highest BCUT2D eigenvalue weighted by atomic mass is 35.5. The van der Waals surface area contributed by atoms with E-state index in [1.807, 2.05) is 0 Å². The number of hydrogen-bond acceptors (Lipinski definition) is 9. The standard InChI is InChI=1S/C41H57ClN2O9S2/c1-5-6-7-8-9-10-11-12-13-14-18-21-36(54(48,49)43-30-37(46)44-31-19-16-15-17-20-31)38(42)39(40(47)41(2,3)4)52-33-26-28-35(29-27-33)55(50,51)53-34-24-22-32(45)23-25-34/h15-17,19-20,22-29,36,38-39,43,45H,5-14,18,21,30H2,1-4H3,(H,44,46). The fourth-order valence-corrected chi connectivity index (χ4v) is 9.02. The molecule has 0 aliphatic rings. The zero-order valence-electron chi connectivity index (χ0n) is 32.3. The van der Waals surface area contributed by atoms with Gasteiger partial charge in [0.15, 0.2) is 11.9 Å². The third kappa shape index (κ3) is 15.8. The molecule has 3 aromatic carbocycles. The highest BCUT2D eigenvalue weighted by Crippen LogP contribution is 2.31. The van der Waals surface area contributed by atoms with E-state index in [2.05, 4.69) is 17.0 Å². The monoisotopic (exact) mass is 820 g/mol. The Kier molecular flexibility index (Phi) is 18.4. The molecule has 0 fully saturated rings. The zero-order chi connectivity index (χ0) is 40.5. The number of benzene rings is 3. The van der Waals surface area contributed by atoms with Gasteiger partial charge in [0.05, 0.1) is 17.2 Å². The molecule has 55 heavy (non-hydrogen) atoms. The summed E-state index contributed by atoms with van der Waals surface area (Å²) in [5, 5.41) is 9.45. The number of carbonyl (C=O) groups excluding carboxylic acids is 2. The number of phenolic OH excluding ortho intramolecular Hbond substituents is 1. The molecule has 0 bridgehead atoms. The number of unbranched alkanes of at least 4 members (excludes halogenated alkanes) is 10. The number of halogens is 1. The van der Waals surface area contributed by atoms with E-state index in [4.69, 9.17) is 20.5 Å². The van der Waals surface area contributed by atoms with E-state index in [1.165, 1.54) is 87.1 Å². The molecule has 3 aromatic rings. The van der Waals surface area contributed by atoms with Gasteiger partial charge >= 0.3 is 10.1 Å². The summed E-state index contributed by atoms with van der Waals surface area (Å²) < 4.78 is 67.5. The lowest BCUT2D eigenvalue weighted by Gasteiger charge is -2.32. The molecular formula is C41H57ClN2O9S2. The van der Waals surface area contributed by atoms with Crippen LogP contribution in [0.4, 0.5) is 5.69 Å². The lowest BCUT2D eigenvalue weighted by atomic mass is 9.85. The first-order valence-corrected chi connectivity index (χ1v) is 22.4. The van der Waals surface area contributed by atoms with Crippen LogP contribution in [0.3, 0.4) is 0 Å². The van der Waals surface area contributed by atoms with Crippen molar-refractivity contribution in [2.45, 2.75) is 126 Å². The van der Waals surface area contributed by atoms with E-state index in [0.717, 1.165) is 25.7 Å². The van der Waals surface area contributed by atoms with Crippen molar-refractivity contribution in [3.05, 3.63) is 78.9 Å². The predicted octanol–water partition coefficient (Wildman–Crippen LogP) is 8.76. The SMILES string of the molecule is CCCCCCCCCCCCCC(C(Cl)C(Oc1ccc(S(=O)(=O)Oc2ccc(O)cc2)cc1)C(=O)C(C)(C)C)S(=O)(=O)NCC(=O)Nc1ccccc1. The number of ketones is 1. The number of Topliss-reactive ketones (excluding diaryl/α,β-unsaturated/α-hetero) is 1. The summed E-state index contributed by atoms with van der Waals surface area (Å²) in [6, 6.07) is 19.0. The van der Waals surface area contributed by atoms with Gasteiger partial charge < -0.3 is 19.3 Å². The molecule has 1 amide bonds. The second-order valence-corrected chi connectivity index (χ2v) is 18.8. The third-order valence-corrected chi connectivity index (χ3v) is 12.9. The molecule has 0 aliphatic carbocycles.